The van der Waals surface area contributed by atoms with Crippen molar-refractivity contribution in [3.63, 3.8) is 0 Å². The quantitative estimate of drug-likeness (QED) is 0.813. The summed E-state index contributed by atoms with van der Waals surface area (Å²) in [7, 11) is -2.44. The Morgan fingerprint density at radius 2 is 2.11 bits per heavy atom. The molecule has 0 spiro atoms. The van der Waals surface area contributed by atoms with Crippen LogP contribution in [0.4, 0.5) is 0 Å². The molecule has 18 heavy (non-hydrogen) atoms. The number of rotatable bonds is 3. The van der Waals surface area contributed by atoms with Crippen molar-refractivity contribution >= 4 is 21.9 Å². The summed E-state index contributed by atoms with van der Waals surface area (Å²) in [5.74, 6) is -1.03. The van der Waals surface area contributed by atoms with Gasteiger partial charge in [0.15, 0.2) is 0 Å². The number of sulfone groups is 1. The minimum absolute atomic E-state index is 0.0218. The Morgan fingerprint density at radius 1 is 1.44 bits per heavy atom. The van der Waals surface area contributed by atoms with E-state index >= 15 is 0 Å². The molecule has 7 heteroatoms. The van der Waals surface area contributed by atoms with Crippen LogP contribution in [0.25, 0.3) is 6.08 Å². The van der Waals surface area contributed by atoms with Gasteiger partial charge in [0.25, 0.3) is 0 Å². The van der Waals surface area contributed by atoms with Gasteiger partial charge in [0.1, 0.15) is 11.8 Å². The lowest BCUT2D eigenvalue weighted by molar-refractivity contribution is -0.137. The van der Waals surface area contributed by atoms with Gasteiger partial charge in [-0.1, -0.05) is 6.07 Å². The maximum Gasteiger partial charge on any atom is 0.325 e. The highest BCUT2D eigenvalue weighted by Gasteiger charge is 2.37. The largest absolute Gasteiger partial charge is 0.496 e. The number of ether oxygens (including phenoxy) is 1. The fourth-order valence-corrected chi connectivity index (χ4v) is 3.47. The topological polar surface area (TPSA) is 107 Å². The molecule has 1 aliphatic rings. The predicted molar refractivity (Wildman–Crippen MR) is 63.8 cm³/mol. The lowest BCUT2D eigenvalue weighted by atomic mass is 10.1. The molecule has 1 aromatic rings. The summed E-state index contributed by atoms with van der Waals surface area (Å²) in [6.45, 7) is 0. The summed E-state index contributed by atoms with van der Waals surface area (Å²) < 4.78 is 29.3. The van der Waals surface area contributed by atoms with E-state index in [-0.39, 0.29) is 9.80 Å². The van der Waals surface area contributed by atoms with Crippen molar-refractivity contribution in [1.82, 2.24) is 0 Å². The van der Waals surface area contributed by atoms with Gasteiger partial charge in [-0.3, -0.25) is 4.79 Å². The molecule has 3 N–H and O–H groups in total. The van der Waals surface area contributed by atoms with Gasteiger partial charge >= 0.3 is 5.97 Å². The van der Waals surface area contributed by atoms with Crippen molar-refractivity contribution in [3.05, 3.63) is 28.7 Å². The summed E-state index contributed by atoms with van der Waals surface area (Å²) in [5.41, 5.74) is 5.72. The maximum atomic E-state index is 12.1. The molecule has 2 rings (SSSR count). The Morgan fingerprint density at radius 3 is 2.67 bits per heavy atom. The number of carboxylic acid groups (broad SMARTS) is 1. The van der Waals surface area contributed by atoms with E-state index < -0.39 is 21.8 Å². The molecule has 0 saturated carbocycles. The smallest absolute Gasteiger partial charge is 0.325 e. The van der Waals surface area contributed by atoms with Gasteiger partial charge in [0.05, 0.1) is 16.9 Å². The molecule has 1 heterocycles. The highest BCUT2D eigenvalue weighted by Crippen LogP contribution is 2.38. The zero-order chi connectivity index (χ0) is 13.5. The average molecular weight is 269 g/mol. The van der Waals surface area contributed by atoms with E-state index in [0.717, 1.165) is 0 Å². The molecule has 1 aliphatic heterocycles. The SMILES string of the molecule is COc1cccc2c1C=C(C(N)C(=O)O)S2(=O)=O. The number of carbonyl (C=O) groups is 1. The van der Waals surface area contributed by atoms with Gasteiger partial charge < -0.3 is 15.6 Å². The number of methoxy groups -OCH3 is 1. The lowest BCUT2D eigenvalue weighted by Gasteiger charge is -2.07. The van der Waals surface area contributed by atoms with Crippen LogP contribution in [0.15, 0.2) is 28.0 Å². The second-order valence-electron chi connectivity index (χ2n) is 3.74. The summed E-state index contributed by atoms with van der Waals surface area (Å²) in [5, 5.41) is 8.82. The fraction of sp³-hybridized carbons (Fsp3) is 0.182. The van der Waals surface area contributed by atoms with Crippen LogP contribution in [-0.2, 0) is 14.6 Å². The molecule has 0 fully saturated rings. The molecule has 0 saturated heterocycles. The number of benzene rings is 1. The lowest BCUT2D eigenvalue weighted by Crippen LogP contribution is -2.34. The van der Waals surface area contributed by atoms with Crippen molar-refractivity contribution in [1.29, 1.82) is 0 Å². The standard InChI is InChI=1S/C11H11NO5S/c1-17-7-3-2-4-8-6(7)5-9(18(8,15)16)10(12)11(13)14/h2-5,10H,12H2,1H3,(H,13,14). The van der Waals surface area contributed by atoms with Crippen LogP contribution in [0.5, 0.6) is 5.75 Å². The molecule has 1 aromatic carbocycles. The highest BCUT2D eigenvalue weighted by atomic mass is 32.2. The Balaban J connectivity index is 2.66. The number of carboxylic acids is 1. The van der Waals surface area contributed by atoms with Crippen LogP contribution in [-0.4, -0.2) is 32.6 Å². The van der Waals surface area contributed by atoms with Crippen molar-refractivity contribution in [2.75, 3.05) is 7.11 Å². The first kappa shape index (κ1) is 12.6. The molecule has 0 aliphatic carbocycles. The third-order valence-electron chi connectivity index (χ3n) is 2.71. The first-order valence-corrected chi connectivity index (χ1v) is 6.50. The van der Waals surface area contributed by atoms with Crippen molar-refractivity contribution in [2.24, 2.45) is 5.73 Å². The third kappa shape index (κ3) is 1.68. The van der Waals surface area contributed by atoms with Crippen LogP contribution < -0.4 is 10.5 Å². The van der Waals surface area contributed by atoms with E-state index in [1.165, 1.54) is 25.3 Å². The van der Waals surface area contributed by atoms with Gasteiger partial charge in [0, 0.05) is 5.56 Å². The van der Waals surface area contributed by atoms with Gasteiger partial charge in [-0.05, 0) is 18.2 Å². The molecule has 0 amide bonds. The molecule has 1 atom stereocenters. The Kier molecular flexibility index (Phi) is 2.88. The van der Waals surface area contributed by atoms with Crippen LogP contribution >= 0.6 is 0 Å². The zero-order valence-corrected chi connectivity index (χ0v) is 10.3. The van der Waals surface area contributed by atoms with Crippen LogP contribution in [0, 0.1) is 0 Å². The van der Waals surface area contributed by atoms with Gasteiger partial charge in [-0.25, -0.2) is 8.42 Å². The third-order valence-corrected chi connectivity index (χ3v) is 4.63. The normalized spacial score (nSPS) is 17.8. The number of nitrogens with two attached hydrogens (primary N) is 1. The van der Waals surface area contributed by atoms with E-state index in [1.54, 1.807) is 6.07 Å². The predicted octanol–water partition coefficient (Wildman–Crippen LogP) is 0.235. The number of hydrogen-bond donors (Lipinski definition) is 2. The monoisotopic (exact) mass is 269 g/mol. The minimum Gasteiger partial charge on any atom is -0.496 e. The fourth-order valence-electron chi connectivity index (χ4n) is 1.80. The Labute approximate surface area is 104 Å². The molecule has 0 bridgehead atoms. The van der Waals surface area contributed by atoms with Gasteiger partial charge in [-0.2, -0.15) is 0 Å². The number of aliphatic carboxylic acids is 1. The summed E-state index contributed by atoms with van der Waals surface area (Å²) in [4.78, 5) is 10.5. The van der Waals surface area contributed by atoms with Gasteiger partial charge in [0.2, 0.25) is 9.84 Å². The molecule has 1 unspecified atom stereocenters. The van der Waals surface area contributed by atoms with Crippen molar-refractivity contribution in [3.8, 4) is 5.75 Å². The van der Waals surface area contributed by atoms with Gasteiger partial charge in [-0.15, -0.1) is 0 Å². The second-order valence-corrected chi connectivity index (χ2v) is 5.66. The highest BCUT2D eigenvalue weighted by molar-refractivity contribution is 7.96. The zero-order valence-electron chi connectivity index (χ0n) is 9.45. The molecule has 0 radical (unpaired) electrons. The summed E-state index contributed by atoms with van der Waals surface area (Å²) in [6.07, 6.45) is 1.25. The number of fused-ring (bicyclic) bond motifs is 1. The van der Waals surface area contributed by atoms with E-state index in [9.17, 15) is 13.2 Å². The van der Waals surface area contributed by atoms with Crippen LogP contribution in [0.3, 0.4) is 0 Å². The number of hydrogen-bond acceptors (Lipinski definition) is 5. The van der Waals surface area contributed by atoms with E-state index in [1.807, 2.05) is 0 Å². The molecular formula is C11H11NO5S. The first-order chi connectivity index (χ1) is 8.39. The van der Waals surface area contributed by atoms with E-state index in [2.05, 4.69) is 0 Å². The summed E-state index contributed by atoms with van der Waals surface area (Å²) in [6, 6.07) is 2.94. The Hall–Kier alpha value is -1.86. The van der Waals surface area contributed by atoms with Crippen LogP contribution in [0.2, 0.25) is 0 Å². The Bertz CT molecular complexity index is 647. The molecule has 6 nitrogen and oxygen atoms in total. The average Bonchev–Trinajstić information content (AvgIpc) is 2.60. The van der Waals surface area contributed by atoms with E-state index in [0.29, 0.717) is 11.3 Å². The molecule has 96 valence electrons. The molecular weight excluding hydrogens is 258 g/mol. The van der Waals surface area contributed by atoms with Crippen molar-refractivity contribution in [2.45, 2.75) is 10.9 Å². The second kappa shape index (κ2) is 4.11. The first-order valence-electron chi connectivity index (χ1n) is 5.01. The van der Waals surface area contributed by atoms with Crippen molar-refractivity contribution < 1.29 is 23.1 Å². The van der Waals surface area contributed by atoms with Crippen LogP contribution in [0.1, 0.15) is 5.56 Å². The molecule has 0 aromatic heterocycles. The van der Waals surface area contributed by atoms with E-state index in [4.69, 9.17) is 15.6 Å². The maximum absolute atomic E-state index is 12.1. The minimum atomic E-state index is -3.85. The summed E-state index contributed by atoms with van der Waals surface area (Å²) >= 11 is 0.